The molecule has 0 amide bonds. The molecule has 0 spiro atoms. The van der Waals surface area contributed by atoms with Gasteiger partial charge in [-0.3, -0.25) is 0 Å². The predicted molar refractivity (Wildman–Crippen MR) is 128 cm³/mol. The van der Waals surface area contributed by atoms with E-state index in [0.717, 1.165) is 65.4 Å². The first kappa shape index (κ1) is 19.9. The van der Waals surface area contributed by atoms with Gasteiger partial charge in [-0.2, -0.15) is 14.6 Å². The van der Waals surface area contributed by atoms with E-state index < -0.39 is 0 Å². The van der Waals surface area contributed by atoms with Crippen LogP contribution in [0.1, 0.15) is 5.56 Å². The van der Waals surface area contributed by atoms with E-state index in [9.17, 15) is 4.39 Å². The number of halogens is 1. The highest BCUT2D eigenvalue weighted by Gasteiger charge is 2.21. The Morgan fingerprint density at radius 3 is 2.58 bits per heavy atom. The maximum absolute atomic E-state index is 15.0. The van der Waals surface area contributed by atoms with Gasteiger partial charge in [0.15, 0.2) is 0 Å². The molecular weight excluding hydrogens is 417 g/mol. The number of nitrogens with zero attached hydrogens (tertiary/aromatic N) is 6. The molecule has 7 nitrogen and oxygen atoms in total. The first-order valence-electron chi connectivity index (χ1n) is 11.1. The molecular formula is C25H24FN7. The maximum Gasteiger partial charge on any atom is 0.219 e. The number of para-hydroxylation sites is 1. The normalized spacial score (nSPS) is 14.5. The van der Waals surface area contributed by atoms with E-state index in [1.807, 2.05) is 47.3 Å². The molecule has 0 aliphatic carbocycles. The van der Waals surface area contributed by atoms with Gasteiger partial charge in [-0.25, -0.2) is 14.3 Å². The van der Waals surface area contributed by atoms with E-state index in [1.165, 1.54) is 4.68 Å². The van der Waals surface area contributed by atoms with Crippen LogP contribution in [0.25, 0.3) is 38.8 Å². The second-order valence-corrected chi connectivity index (χ2v) is 8.46. The van der Waals surface area contributed by atoms with Gasteiger partial charge in [0.1, 0.15) is 11.5 Å². The van der Waals surface area contributed by atoms with Crippen molar-refractivity contribution in [3.05, 3.63) is 66.2 Å². The van der Waals surface area contributed by atoms with Gasteiger partial charge in [-0.05, 0) is 30.7 Å². The Morgan fingerprint density at radius 2 is 1.79 bits per heavy atom. The van der Waals surface area contributed by atoms with Crippen molar-refractivity contribution in [1.82, 2.24) is 29.9 Å². The molecule has 0 saturated carbocycles. The van der Waals surface area contributed by atoms with E-state index in [4.69, 9.17) is 10.1 Å². The van der Waals surface area contributed by atoms with Crippen LogP contribution in [0.15, 0.2) is 54.7 Å². The lowest BCUT2D eigenvalue weighted by atomic mass is 10.0. The molecule has 1 aliphatic rings. The summed E-state index contributed by atoms with van der Waals surface area (Å²) in [5.41, 5.74) is 5.04. The van der Waals surface area contributed by atoms with Crippen molar-refractivity contribution in [1.29, 1.82) is 0 Å². The number of fused-ring (bicyclic) bond motifs is 2. The van der Waals surface area contributed by atoms with E-state index >= 15 is 0 Å². The van der Waals surface area contributed by atoms with Gasteiger partial charge in [0.25, 0.3) is 0 Å². The minimum absolute atomic E-state index is 0.363. The molecule has 4 heterocycles. The van der Waals surface area contributed by atoms with Gasteiger partial charge < -0.3 is 10.2 Å². The zero-order valence-electron chi connectivity index (χ0n) is 18.6. The van der Waals surface area contributed by atoms with E-state index in [-0.39, 0.29) is 5.95 Å². The van der Waals surface area contributed by atoms with Gasteiger partial charge in [0.2, 0.25) is 5.95 Å². The number of rotatable bonds is 3. The van der Waals surface area contributed by atoms with Crippen LogP contribution in [0.5, 0.6) is 0 Å². The molecule has 1 aliphatic heterocycles. The number of benzene rings is 2. The van der Waals surface area contributed by atoms with Crippen LogP contribution < -0.4 is 10.2 Å². The molecule has 33 heavy (non-hydrogen) atoms. The Balaban J connectivity index is 1.53. The van der Waals surface area contributed by atoms with Crippen LogP contribution in [0, 0.1) is 12.9 Å². The number of anilines is 1. The van der Waals surface area contributed by atoms with Crippen LogP contribution >= 0.6 is 0 Å². The average Bonchev–Trinajstić information content (AvgIpc) is 3.38. The first-order valence-corrected chi connectivity index (χ1v) is 11.1. The third-order valence-corrected chi connectivity index (χ3v) is 6.37. The summed E-state index contributed by atoms with van der Waals surface area (Å²) < 4.78 is 18.2. The summed E-state index contributed by atoms with van der Waals surface area (Å²) in [5, 5.41) is 14.1. The lowest BCUT2D eigenvalue weighted by Gasteiger charge is -2.28. The van der Waals surface area contributed by atoms with Crippen LogP contribution in [0.2, 0.25) is 0 Å². The number of aromatic nitrogens is 5. The zero-order valence-corrected chi connectivity index (χ0v) is 18.6. The fourth-order valence-electron chi connectivity index (χ4n) is 4.71. The summed E-state index contributed by atoms with van der Waals surface area (Å²) >= 11 is 0. The lowest BCUT2D eigenvalue weighted by Crippen LogP contribution is -2.43. The molecule has 166 valence electrons. The Hall–Kier alpha value is -3.78. The minimum Gasteiger partial charge on any atom is -0.354 e. The Kier molecular flexibility index (Phi) is 4.62. The van der Waals surface area contributed by atoms with Gasteiger partial charge in [0.05, 0.1) is 28.3 Å². The van der Waals surface area contributed by atoms with Crippen LogP contribution in [-0.2, 0) is 7.05 Å². The molecule has 0 unspecified atom stereocenters. The SMILES string of the molecule is Cc1cccc2c(-c3cccc4nn(C)c(F)c34)nn(-c3ccc(N4CCNCC4)nc3)c12. The summed E-state index contributed by atoms with van der Waals surface area (Å²) in [7, 11) is 1.62. The predicted octanol–water partition coefficient (Wildman–Crippen LogP) is 3.83. The molecule has 8 heteroatoms. The Labute approximate surface area is 190 Å². The van der Waals surface area contributed by atoms with Crippen molar-refractivity contribution in [3.63, 3.8) is 0 Å². The topological polar surface area (TPSA) is 63.8 Å². The lowest BCUT2D eigenvalue weighted by molar-refractivity contribution is 0.512. The second-order valence-electron chi connectivity index (χ2n) is 8.46. The quantitative estimate of drug-likeness (QED) is 0.461. The summed E-state index contributed by atoms with van der Waals surface area (Å²) in [6, 6.07) is 15.9. The van der Waals surface area contributed by atoms with E-state index in [1.54, 1.807) is 7.05 Å². The van der Waals surface area contributed by atoms with Gasteiger partial charge in [-0.15, -0.1) is 0 Å². The molecule has 0 atom stereocenters. The summed E-state index contributed by atoms with van der Waals surface area (Å²) in [5.74, 6) is 0.605. The number of aryl methyl sites for hydroxylation is 2. The zero-order chi connectivity index (χ0) is 22.5. The largest absolute Gasteiger partial charge is 0.354 e. The third kappa shape index (κ3) is 3.17. The van der Waals surface area contributed by atoms with Gasteiger partial charge >= 0.3 is 0 Å². The monoisotopic (exact) mass is 441 g/mol. The Bertz CT molecular complexity index is 1480. The smallest absolute Gasteiger partial charge is 0.219 e. The highest BCUT2D eigenvalue weighted by atomic mass is 19.1. The Morgan fingerprint density at radius 1 is 0.970 bits per heavy atom. The van der Waals surface area contributed by atoms with Crippen LogP contribution in [-0.4, -0.2) is 50.7 Å². The number of piperazine rings is 1. The number of nitrogens with one attached hydrogen (secondary N) is 1. The number of hydrogen-bond donors (Lipinski definition) is 1. The van der Waals surface area contributed by atoms with Crippen molar-refractivity contribution < 1.29 is 4.39 Å². The second kappa shape index (κ2) is 7.67. The van der Waals surface area contributed by atoms with Crippen molar-refractivity contribution in [3.8, 4) is 16.9 Å². The standard InChI is InChI=1S/C25H24FN7/c1-16-5-3-7-19-23(18-6-4-8-20-22(18)25(26)31(2)29-20)30-33(24(16)19)17-9-10-21(28-15-17)32-13-11-27-12-14-32/h3-10,15,27H,11-14H2,1-2H3. The molecule has 5 aromatic rings. The summed E-state index contributed by atoms with van der Waals surface area (Å²) in [6.45, 7) is 5.89. The first-order chi connectivity index (χ1) is 16.1. The fraction of sp³-hybridized carbons (Fsp3) is 0.240. The summed E-state index contributed by atoms with van der Waals surface area (Å²) in [6.07, 6.45) is 1.87. The average molecular weight is 442 g/mol. The maximum atomic E-state index is 15.0. The van der Waals surface area contributed by atoms with E-state index in [0.29, 0.717) is 10.9 Å². The third-order valence-electron chi connectivity index (χ3n) is 6.37. The molecule has 1 N–H and O–H groups in total. The van der Waals surface area contributed by atoms with Crippen LogP contribution in [0.3, 0.4) is 0 Å². The molecule has 0 radical (unpaired) electrons. The van der Waals surface area contributed by atoms with Gasteiger partial charge in [0, 0.05) is 44.2 Å². The highest BCUT2D eigenvalue weighted by Crippen LogP contribution is 2.36. The van der Waals surface area contributed by atoms with Crippen molar-refractivity contribution in [2.75, 3.05) is 31.1 Å². The number of hydrogen-bond acceptors (Lipinski definition) is 5. The van der Waals surface area contributed by atoms with E-state index in [2.05, 4.69) is 34.4 Å². The minimum atomic E-state index is -0.363. The van der Waals surface area contributed by atoms with Crippen molar-refractivity contribution in [2.24, 2.45) is 7.05 Å². The molecule has 1 saturated heterocycles. The summed E-state index contributed by atoms with van der Waals surface area (Å²) in [4.78, 5) is 7.01. The molecule has 0 bridgehead atoms. The van der Waals surface area contributed by atoms with Gasteiger partial charge in [-0.1, -0.05) is 30.3 Å². The highest BCUT2D eigenvalue weighted by molar-refractivity contribution is 6.03. The van der Waals surface area contributed by atoms with Crippen LogP contribution in [0.4, 0.5) is 10.2 Å². The fourth-order valence-corrected chi connectivity index (χ4v) is 4.71. The number of pyridine rings is 1. The molecule has 1 fully saturated rings. The molecule has 3 aromatic heterocycles. The van der Waals surface area contributed by atoms with Crippen molar-refractivity contribution >= 4 is 27.6 Å². The molecule has 6 rings (SSSR count). The molecule has 2 aromatic carbocycles. The van der Waals surface area contributed by atoms with Crippen molar-refractivity contribution in [2.45, 2.75) is 6.92 Å².